The highest BCUT2D eigenvalue weighted by atomic mass is 32.1. The molecule has 0 radical (unpaired) electrons. The lowest BCUT2D eigenvalue weighted by Gasteiger charge is -2.31. The van der Waals surface area contributed by atoms with Crippen LogP contribution < -0.4 is 10.2 Å². The summed E-state index contributed by atoms with van der Waals surface area (Å²) < 4.78 is 0. The molecule has 1 aromatic carbocycles. The lowest BCUT2D eigenvalue weighted by Crippen LogP contribution is -3.12. The number of carbonyl (C=O) groups excluding carboxylic acids is 1. The van der Waals surface area contributed by atoms with Gasteiger partial charge in [0.1, 0.15) is 0 Å². The standard InChI is InChI=1S/C16H21N3OS/c1-13-3-5-14(6-4-13)7-8-15(20)17-16(21)19-11-9-18(2)10-12-19/h3-8H,9-12H2,1-2H3,(H,17,20,21)/p+1. The van der Waals surface area contributed by atoms with E-state index in [0.29, 0.717) is 5.11 Å². The summed E-state index contributed by atoms with van der Waals surface area (Å²) in [6.07, 6.45) is 3.32. The summed E-state index contributed by atoms with van der Waals surface area (Å²) in [4.78, 5) is 15.4. The molecule has 21 heavy (non-hydrogen) atoms. The van der Waals surface area contributed by atoms with Gasteiger partial charge in [0.05, 0.1) is 33.2 Å². The molecule has 5 heteroatoms. The summed E-state index contributed by atoms with van der Waals surface area (Å²) in [6.45, 7) is 5.93. The number of carbonyl (C=O) groups is 1. The summed E-state index contributed by atoms with van der Waals surface area (Å²) in [7, 11) is 2.17. The first-order valence-corrected chi connectivity index (χ1v) is 7.61. The monoisotopic (exact) mass is 304 g/mol. The van der Waals surface area contributed by atoms with Gasteiger partial charge in [-0.25, -0.2) is 0 Å². The number of hydrogen-bond donors (Lipinski definition) is 2. The molecule has 1 fully saturated rings. The molecule has 1 aliphatic rings. The molecule has 1 aromatic rings. The molecule has 0 saturated carbocycles. The number of rotatable bonds is 2. The number of piperazine rings is 1. The van der Waals surface area contributed by atoms with Crippen LogP contribution in [0.2, 0.25) is 0 Å². The van der Waals surface area contributed by atoms with Crippen molar-refractivity contribution in [2.45, 2.75) is 6.92 Å². The molecule has 1 aliphatic heterocycles. The molecule has 1 saturated heterocycles. The maximum atomic E-state index is 11.9. The van der Waals surface area contributed by atoms with Gasteiger partial charge in [-0.05, 0) is 30.8 Å². The van der Waals surface area contributed by atoms with Crippen molar-refractivity contribution in [1.82, 2.24) is 10.2 Å². The minimum absolute atomic E-state index is 0.174. The van der Waals surface area contributed by atoms with E-state index in [1.54, 1.807) is 6.08 Å². The first-order valence-electron chi connectivity index (χ1n) is 7.20. The number of likely N-dealkylation sites (N-methyl/N-ethyl adjacent to an activating group) is 1. The van der Waals surface area contributed by atoms with Crippen molar-refractivity contribution < 1.29 is 9.69 Å². The molecule has 0 aliphatic carbocycles. The summed E-state index contributed by atoms with van der Waals surface area (Å²) in [5, 5.41) is 3.30. The van der Waals surface area contributed by atoms with Crippen molar-refractivity contribution in [2.75, 3.05) is 33.2 Å². The van der Waals surface area contributed by atoms with Gasteiger partial charge in [0.2, 0.25) is 5.91 Å². The highest BCUT2D eigenvalue weighted by Crippen LogP contribution is 2.04. The molecule has 0 aromatic heterocycles. The van der Waals surface area contributed by atoms with Crippen molar-refractivity contribution in [3.8, 4) is 0 Å². The molecular weight excluding hydrogens is 282 g/mol. The maximum Gasteiger partial charge on any atom is 0.250 e. The lowest BCUT2D eigenvalue weighted by molar-refractivity contribution is -0.883. The second-order valence-electron chi connectivity index (χ2n) is 5.48. The molecule has 1 heterocycles. The van der Waals surface area contributed by atoms with Crippen molar-refractivity contribution in [3.05, 3.63) is 41.5 Å². The van der Waals surface area contributed by atoms with Gasteiger partial charge in [0.15, 0.2) is 5.11 Å². The van der Waals surface area contributed by atoms with Crippen molar-refractivity contribution in [3.63, 3.8) is 0 Å². The minimum Gasteiger partial charge on any atom is -0.338 e. The number of nitrogens with one attached hydrogen (secondary N) is 2. The van der Waals surface area contributed by atoms with E-state index >= 15 is 0 Å². The van der Waals surface area contributed by atoms with Crippen molar-refractivity contribution in [2.24, 2.45) is 0 Å². The van der Waals surface area contributed by atoms with E-state index in [9.17, 15) is 4.79 Å². The van der Waals surface area contributed by atoms with Crippen LogP contribution in [0.25, 0.3) is 6.08 Å². The van der Waals surface area contributed by atoms with E-state index in [0.717, 1.165) is 31.7 Å². The summed E-state index contributed by atoms with van der Waals surface area (Å²) in [5.41, 5.74) is 2.21. The Bertz CT molecular complexity index is 531. The predicted octanol–water partition coefficient (Wildman–Crippen LogP) is 0.240. The Morgan fingerprint density at radius 2 is 1.90 bits per heavy atom. The number of benzene rings is 1. The fourth-order valence-corrected chi connectivity index (χ4v) is 2.45. The van der Waals surface area contributed by atoms with Gasteiger partial charge in [-0.2, -0.15) is 0 Å². The molecule has 2 N–H and O–H groups in total. The summed E-state index contributed by atoms with van der Waals surface area (Å²) >= 11 is 5.29. The van der Waals surface area contributed by atoms with Gasteiger partial charge in [0.25, 0.3) is 0 Å². The number of amides is 1. The van der Waals surface area contributed by atoms with Crippen LogP contribution >= 0.6 is 12.2 Å². The Morgan fingerprint density at radius 1 is 1.29 bits per heavy atom. The van der Waals surface area contributed by atoms with Crippen molar-refractivity contribution >= 4 is 29.3 Å². The second-order valence-corrected chi connectivity index (χ2v) is 5.87. The van der Waals surface area contributed by atoms with Crippen LogP contribution in [0.4, 0.5) is 0 Å². The molecular formula is C16H22N3OS+. The minimum atomic E-state index is -0.174. The van der Waals surface area contributed by atoms with Gasteiger partial charge in [-0.3, -0.25) is 10.1 Å². The van der Waals surface area contributed by atoms with Gasteiger partial charge in [0, 0.05) is 6.08 Å². The van der Waals surface area contributed by atoms with Gasteiger partial charge < -0.3 is 9.80 Å². The Morgan fingerprint density at radius 3 is 2.52 bits per heavy atom. The second kappa shape index (κ2) is 7.33. The van der Waals surface area contributed by atoms with E-state index in [4.69, 9.17) is 12.2 Å². The fraction of sp³-hybridized carbons (Fsp3) is 0.375. The van der Waals surface area contributed by atoms with Crippen LogP contribution in [-0.4, -0.2) is 49.1 Å². The van der Waals surface area contributed by atoms with Gasteiger partial charge in [-0.15, -0.1) is 0 Å². The summed E-state index contributed by atoms with van der Waals surface area (Å²) in [6, 6.07) is 8.02. The van der Waals surface area contributed by atoms with Gasteiger partial charge in [-0.1, -0.05) is 29.8 Å². The molecule has 1 amide bonds. The Balaban J connectivity index is 1.83. The first-order chi connectivity index (χ1) is 10.0. The van der Waals surface area contributed by atoms with E-state index in [1.807, 2.05) is 31.2 Å². The normalized spacial score (nSPS) is 16.2. The third-order valence-electron chi connectivity index (χ3n) is 3.64. The SMILES string of the molecule is Cc1ccc(C=CC(=O)NC(=S)N2CC[NH+](C)CC2)cc1. The fourth-order valence-electron chi connectivity index (χ4n) is 2.17. The largest absolute Gasteiger partial charge is 0.338 e. The molecule has 0 bridgehead atoms. The number of nitrogens with zero attached hydrogens (tertiary/aromatic N) is 1. The smallest absolute Gasteiger partial charge is 0.250 e. The van der Waals surface area contributed by atoms with Crippen LogP contribution in [0.15, 0.2) is 30.3 Å². The molecule has 112 valence electrons. The van der Waals surface area contributed by atoms with Crippen LogP contribution in [0.5, 0.6) is 0 Å². The quantitative estimate of drug-likeness (QED) is 0.607. The zero-order valence-corrected chi connectivity index (χ0v) is 13.4. The molecule has 2 rings (SSSR count). The lowest BCUT2D eigenvalue weighted by atomic mass is 10.1. The Hall–Kier alpha value is -1.72. The molecule has 0 unspecified atom stereocenters. The molecule has 0 atom stereocenters. The van der Waals surface area contributed by atoms with Crippen LogP contribution in [-0.2, 0) is 4.79 Å². The zero-order chi connectivity index (χ0) is 15.2. The molecule has 0 spiro atoms. The van der Waals surface area contributed by atoms with Crippen LogP contribution in [0.1, 0.15) is 11.1 Å². The number of hydrogen-bond acceptors (Lipinski definition) is 2. The van der Waals surface area contributed by atoms with E-state index in [2.05, 4.69) is 17.3 Å². The highest BCUT2D eigenvalue weighted by molar-refractivity contribution is 7.80. The van der Waals surface area contributed by atoms with Crippen LogP contribution in [0, 0.1) is 6.92 Å². The summed E-state index contributed by atoms with van der Waals surface area (Å²) in [5.74, 6) is -0.174. The topological polar surface area (TPSA) is 36.8 Å². The average Bonchev–Trinajstić information content (AvgIpc) is 2.47. The third kappa shape index (κ3) is 4.95. The van der Waals surface area contributed by atoms with E-state index in [1.165, 1.54) is 16.5 Å². The average molecular weight is 304 g/mol. The third-order valence-corrected chi connectivity index (χ3v) is 4.00. The maximum absolute atomic E-state index is 11.9. The molecule has 4 nitrogen and oxygen atoms in total. The van der Waals surface area contributed by atoms with Crippen molar-refractivity contribution in [1.29, 1.82) is 0 Å². The highest BCUT2D eigenvalue weighted by Gasteiger charge is 2.19. The zero-order valence-electron chi connectivity index (χ0n) is 12.6. The Kier molecular flexibility index (Phi) is 5.47. The number of aryl methyl sites for hydroxylation is 1. The Labute approximate surface area is 131 Å². The predicted molar refractivity (Wildman–Crippen MR) is 89.1 cm³/mol. The number of quaternary nitrogens is 1. The first kappa shape index (κ1) is 15.7. The van der Waals surface area contributed by atoms with E-state index in [-0.39, 0.29) is 5.91 Å². The van der Waals surface area contributed by atoms with Gasteiger partial charge >= 0.3 is 0 Å². The number of thiocarbonyl (C=S) groups is 1. The van der Waals surface area contributed by atoms with E-state index < -0.39 is 0 Å². The van der Waals surface area contributed by atoms with Crippen LogP contribution in [0.3, 0.4) is 0 Å².